The molecule has 1 fully saturated rings. The summed E-state index contributed by atoms with van der Waals surface area (Å²) in [5.74, 6) is -0.619. The minimum atomic E-state index is -4.07. The van der Waals surface area contributed by atoms with Gasteiger partial charge in [0.1, 0.15) is 12.6 Å². The first-order valence-electron chi connectivity index (χ1n) is 14.5. The Balaban J connectivity index is 1.70. The van der Waals surface area contributed by atoms with Crippen LogP contribution in [0.3, 0.4) is 0 Å². The van der Waals surface area contributed by atoms with Crippen molar-refractivity contribution >= 4 is 27.5 Å². The molecule has 3 aromatic carbocycles. The Morgan fingerprint density at radius 3 is 2.17 bits per heavy atom. The molecule has 1 saturated carbocycles. The Morgan fingerprint density at radius 2 is 1.54 bits per heavy atom. The van der Waals surface area contributed by atoms with E-state index in [9.17, 15) is 18.0 Å². The molecule has 1 N–H and O–H groups in total. The summed E-state index contributed by atoms with van der Waals surface area (Å²) in [6, 6.07) is 22.4. The van der Waals surface area contributed by atoms with Crippen LogP contribution in [0.5, 0.6) is 0 Å². The van der Waals surface area contributed by atoms with E-state index in [0.717, 1.165) is 46.7 Å². The number of hydrogen-bond acceptors (Lipinski definition) is 4. The van der Waals surface area contributed by atoms with Gasteiger partial charge in [-0.2, -0.15) is 0 Å². The van der Waals surface area contributed by atoms with Gasteiger partial charge in [0.25, 0.3) is 10.0 Å². The van der Waals surface area contributed by atoms with Crippen molar-refractivity contribution in [1.29, 1.82) is 0 Å². The minimum Gasteiger partial charge on any atom is -0.352 e. The molecule has 0 spiro atoms. The summed E-state index contributed by atoms with van der Waals surface area (Å²) in [6.45, 7) is 5.52. The third-order valence-corrected chi connectivity index (χ3v) is 9.46. The number of carbonyl (C=O) groups excluding carboxylic acids is 2. The number of aryl methyl sites for hydroxylation is 2. The third kappa shape index (κ3) is 7.76. The monoisotopic (exact) mass is 575 g/mol. The highest BCUT2D eigenvalue weighted by atomic mass is 32.2. The molecular formula is C33H41N3O4S. The fourth-order valence-electron chi connectivity index (χ4n) is 5.50. The molecule has 0 heterocycles. The van der Waals surface area contributed by atoms with Gasteiger partial charge in [0.15, 0.2) is 0 Å². The van der Waals surface area contributed by atoms with Crippen LogP contribution in [0.4, 0.5) is 5.69 Å². The van der Waals surface area contributed by atoms with Crippen LogP contribution in [-0.4, -0.2) is 43.8 Å². The molecule has 3 aromatic rings. The highest BCUT2D eigenvalue weighted by molar-refractivity contribution is 7.92. The number of anilines is 1. The van der Waals surface area contributed by atoms with Gasteiger partial charge in [0, 0.05) is 12.6 Å². The van der Waals surface area contributed by atoms with Crippen molar-refractivity contribution in [3.63, 3.8) is 0 Å². The van der Waals surface area contributed by atoms with Crippen LogP contribution in [0, 0.1) is 13.8 Å². The molecule has 218 valence electrons. The molecule has 2 amide bonds. The van der Waals surface area contributed by atoms with Gasteiger partial charge in [-0.05, 0) is 68.5 Å². The summed E-state index contributed by atoms with van der Waals surface area (Å²) < 4.78 is 29.0. The van der Waals surface area contributed by atoms with Gasteiger partial charge in [-0.3, -0.25) is 13.9 Å². The lowest BCUT2D eigenvalue weighted by Gasteiger charge is -2.34. The summed E-state index contributed by atoms with van der Waals surface area (Å²) in [6.07, 6.45) is 5.61. The minimum absolute atomic E-state index is 0.0987. The molecule has 4 rings (SSSR count). The van der Waals surface area contributed by atoms with Crippen molar-refractivity contribution < 1.29 is 18.0 Å². The van der Waals surface area contributed by atoms with E-state index in [1.54, 1.807) is 41.3 Å². The maximum absolute atomic E-state index is 14.2. The maximum atomic E-state index is 14.2. The number of rotatable bonds is 11. The first-order chi connectivity index (χ1) is 19.7. The van der Waals surface area contributed by atoms with Crippen molar-refractivity contribution in [2.75, 3.05) is 10.8 Å². The van der Waals surface area contributed by atoms with Crippen molar-refractivity contribution in [2.24, 2.45) is 0 Å². The lowest BCUT2D eigenvalue weighted by atomic mass is 9.95. The van der Waals surface area contributed by atoms with E-state index >= 15 is 0 Å². The van der Waals surface area contributed by atoms with Gasteiger partial charge in [-0.25, -0.2) is 8.42 Å². The van der Waals surface area contributed by atoms with Crippen molar-refractivity contribution in [1.82, 2.24) is 10.2 Å². The van der Waals surface area contributed by atoms with Crippen LogP contribution in [0.2, 0.25) is 0 Å². The van der Waals surface area contributed by atoms with E-state index in [2.05, 4.69) is 5.32 Å². The second-order valence-electron chi connectivity index (χ2n) is 10.9. The average Bonchev–Trinajstić information content (AvgIpc) is 2.96. The predicted molar refractivity (Wildman–Crippen MR) is 163 cm³/mol. The summed E-state index contributed by atoms with van der Waals surface area (Å²) in [4.78, 5) is 29.5. The average molecular weight is 576 g/mol. The molecule has 0 aromatic heterocycles. The third-order valence-electron chi connectivity index (χ3n) is 7.67. The fraction of sp³-hybridized carbons (Fsp3) is 0.394. The van der Waals surface area contributed by atoms with E-state index in [1.807, 2.05) is 51.1 Å². The lowest BCUT2D eigenvalue weighted by Crippen LogP contribution is -2.54. The highest BCUT2D eigenvalue weighted by Crippen LogP contribution is 2.26. The number of sulfonamides is 1. The Hall–Kier alpha value is -3.65. The molecule has 7 nitrogen and oxygen atoms in total. The molecule has 1 aliphatic rings. The number of carbonyl (C=O) groups is 2. The van der Waals surface area contributed by atoms with Crippen LogP contribution < -0.4 is 9.62 Å². The van der Waals surface area contributed by atoms with Gasteiger partial charge < -0.3 is 10.2 Å². The predicted octanol–water partition coefficient (Wildman–Crippen LogP) is 5.76. The highest BCUT2D eigenvalue weighted by Gasteiger charge is 2.34. The molecule has 0 aliphatic heterocycles. The zero-order valence-electron chi connectivity index (χ0n) is 24.3. The van der Waals surface area contributed by atoms with Crippen molar-refractivity contribution in [3.05, 3.63) is 95.6 Å². The van der Waals surface area contributed by atoms with Crippen molar-refractivity contribution in [2.45, 2.75) is 82.8 Å². The van der Waals surface area contributed by atoms with Crippen LogP contribution in [0.25, 0.3) is 0 Å². The van der Waals surface area contributed by atoms with E-state index in [4.69, 9.17) is 0 Å². The first kappa shape index (κ1) is 30.3. The maximum Gasteiger partial charge on any atom is 0.264 e. The van der Waals surface area contributed by atoms with E-state index in [0.29, 0.717) is 12.1 Å². The Labute approximate surface area is 244 Å². The lowest BCUT2D eigenvalue weighted by molar-refractivity contribution is -0.140. The zero-order chi connectivity index (χ0) is 29.4. The van der Waals surface area contributed by atoms with Gasteiger partial charge in [0.2, 0.25) is 11.8 Å². The summed E-state index contributed by atoms with van der Waals surface area (Å²) in [5.41, 5.74) is 3.20. The molecule has 41 heavy (non-hydrogen) atoms. The first-order valence-corrected chi connectivity index (χ1v) is 15.9. The van der Waals surface area contributed by atoms with Crippen molar-refractivity contribution in [3.8, 4) is 0 Å². The smallest absolute Gasteiger partial charge is 0.264 e. The standard InChI is InChI=1S/C33H41N3O4S/c1-4-31(33(38)34-28-16-7-5-8-17-28)35(23-27-15-11-13-25(2)21-27)32(37)24-36(29-18-12-14-26(3)22-29)41(39,40)30-19-9-6-10-20-30/h6,9-15,18-22,28,31H,4-5,7-8,16-17,23-24H2,1-3H3,(H,34,38)/t31-/m1/s1. The Kier molecular flexibility index (Phi) is 10.2. The quantitative estimate of drug-likeness (QED) is 0.315. The van der Waals surface area contributed by atoms with Gasteiger partial charge >= 0.3 is 0 Å². The number of hydrogen-bond donors (Lipinski definition) is 1. The van der Waals surface area contributed by atoms with Gasteiger partial charge in [0.05, 0.1) is 10.6 Å². The molecule has 1 aliphatic carbocycles. The molecule has 0 bridgehead atoms. The van der Waals surface area contributed by atoms with Gasteiger partial charge in [-0.15, -0.1) is 0 Å². The van der Waals surface area contributed by atoms with Gasteiger partial charge in [-0.1, -0.05) is 86.3 Å². The molecule has 0 saturated heterocycles. The van der Waals surface area contributed by atoms with E-state index < -0.39 is 28.5 Å². The molecule has 8 heteroatoms. The SMILES string of the molecule is CC[C@H](C(=O)NC1CCCCC1)N(Cc1cccc(C)c1)C(=O)CN(c1cccc(C)c1)S(=O)(=O)c1ccccc1. The van der Waals surface area contributed by atoms with E-state index in [1.165, 1.54) is 18.6 Å². The zero-order valence-corrected chi connectivity index (χ0v) is 25.1. The second-order valence-corrected chi connectivity index (χ2v) is 12.8. The number of amides is 2. The normalized spacial score (nSPS) is 14.7. The number of benzene rings is 3. The Morgan fingerprint density at radius 1 is 0.878 bits per heavy atom. The number of nitrogens with zero attached hydrogens (tertiary/aromatic N) is 2. The van der Waals surface area contributed by atoms with Crippen LogP contribution in [-0.2, 0) is 26.2 Å². The number of nitrogens with one attached hydrogen (secondary N) is 1. The fourth-order valence-corrected chi connectivity index (χ4v) is 6.93. The van der Waals surface area contributed by atoms with Crippen LogP contribution in [0.15, 0.2) is 83.8 Å². The van der Waals surface area contributed by atoms with Crippen LogP contribution >= 0.6 is 0 Å². The second kappa shape index (κ2) is 13.8. The van der Waals surface area contributed by atoms with E-state index in [-0.39, 0.29) is 23.4 Å². The summed E-state index contributed by atoms with van der Waals surface area (Å²) in [5, 5.41) is 3.19. The topological polar surface area (TPSA) is 86.8 Å². The van der Waals surface area contributed by atoms with Crippen LogP contribution in [0.1, 0.15) is 62.1 Å². The largest absolute Gasteiger partial charge is 0.352 e. The molecular weight excluding hydrogens is 534 g/mol. The molecule has 1 atom stereocenters. The summed E-state index contributed by atoms with van der Waals surface area (Å²) >= 11 is 0. The summed E-state index contributed by atoms with van der Waals surface area (Å²) in [7, 11) is -4.07. The Bertz CT molecular complexity index is 1440. The molecule has 0 unspecified atom stereocenters. The molecule has 0 radical (unpaired) electrons.